The first kappa shape index (κ1) is 15.4. The van der Waals surface area contributed by atoms with Gasteiger partial charge in [-0.1, -0.05) is 17.7 Å². The second-order valence-electron chi connectivity index (χ2n) is 6.18. The van der Waals surface area contributed by atoms with E-state index in [-0.39, 0.29) is 0 Å². The Labute approximate surface area is 136 Å². The molecule has 3 rings (SSSR count). The van der Waals surface area contributed by atoms with E-state index in [0.717, 1.165) is 36.9 Å². The first-order valence-electron chi connectivity index (χ1n) is 7.84. The molecule has 2 N–H and O–H groups in total. The van der Waals surface area contributed by atoms with Crippen molar-refractivity contribution in [1.29, 1.82) is 0 Å². The number of aromatic amines is 1. The van der Waals surface area contributed by atoms with E-state index >= 15 is 0 Å². The molecule has 1 aliphatic rings. The van der Waals surface area contributed by atoms with Gasteiger partial charge in [-0.25, -0.2) is 0 Å². The summed E-state index contributed by atoms with van der Waals surface area (Å²) in [5.74, 6) is 0.686. The fourth-order valence-corrected chi connectivity index (χ4v) is 3.27. The molecule has 0 bridgehead atoms. The zero-order chi connectivity index (χ0) is 15.5. The first-order valence-corrected chi connectivity index (χ1v) is 8.22. The third kappa shape index (κ3) is 3.45. The van der Waals surface area contributed by atoms with Gasteiger partial charge in [0.05, 0.1) is 6.20 Å². The molecule has 0 saturated carbocycles. The Morgan fingerprint density at radius 1 is 1.41 bits per heavy atom. The molecule has 2 heterocycles. The Balaban J connectivity index is 1.52. The fraction of sp³-hybridized carbons (Fsp3) is 0.471. The molecule has 1 aliphatic heterocycles. The topological polar surface area (TPSA) is 44.0 Å². The summed E-state index contributed by atoms with van der Waals surface area (Å²) in [5.41, 5.74) is 4.98. The second-order valence-corrected chi connectivity index (χ2v) is 6.62. The first-order chi connectivity index (χ1) is 10.6. The zero-order valence-electron chi connectivity index (χ0n) is 13.2. The summed E-state index contributed by atoms with van der Waals surface area (Å²) in [5, 5.41) is 11.4. The van der Waals surface area contributed by atoms with Gasteiger partial charge in [0, 0.05) is 48.1 Å². The number of benzene rings is 1. The van der Waals surface area contributed by atoms with Gasteiger partial charge in [0.15, 0.2) is 0 Å². The molecule has 0 aliphatic carbocycles. The van der Waals surface area contributed by atoms with Crippen molar-refractivity contribution < 1.29 is 0 Å². The molecule has 1 aromatic heterocycles. The van der Waals surface area contributed by atoms with Crippen LogP contribution in [-0.4, -0.2) is 29.8 Å². The van der Waals surface area contributed by atoms with Gasteiger partial charge < -0.3 is 10.2 Å². The smallest absolute Gasteiger partial charge is 0.0535 e. The Bertz CT molecular complexity index is 637. The molecule has 1 saturated heterocycles. The molecule has 22 heavy (non-hydrogen) atoms. The quantitative estimate of drug-likeness (QED) is 0.889. The number of aromatic nitrogens is 2. The molecule has 1 fully saturated rings. The minimum absolute atomic E-state index is 0.686. The standard InChI is InChI=1S/C17H23ClN4/c1-12-3-4-16(18)7-17(12)22-6-5-14(11-22)8-19-9-15-10-20-21-13(15)2/h3-4,7,10,14,19H,5-6,8-9,11H2,1-2H3,(H,20,21)/t14-/m1/s1. The van der Waals surface area contributed by atoms with Crippen LogP contribution in [-0.2, 0) is 6.54 Å². The normalized spacial score (nSPS) is 18.1. The predicted octanol–water partition coefficient (Wildman–Crippen LogP) is 3.30. The monoisotopic (exact) mass is 318 g/mol. The van der Waals surface area contributed by atoms with Crippen LogP contribution < -0.4 is 10.2 Å². The minimum Gasteiger partial charge on any atom is -0.371 e. The highest BCUT2D eigenvalue weighted by Gasteiger charge is 2.23. The third-order valence-electron chi connectivity index (χ3n) is 4.48. The fourth-order valence-electron chi connectivity index (χ4n) is 3.11. The number of anilines is 1. The summed E-state index contributed by atoms with van der Waals surface area (Å²) in [6.45, 7) is 8.34. The van der Waals surface area contributed by atoms with Gasteiger partial charge in [-0.05, 0) is 43.9 Å². The van der Waals surface area contributed by atoms with Crippen LogP contribution in [0, 0.1) is 19.8 Å². The Hall–Kier alpha value is -1.52. The van der Waals surface area contributed by atoms with Crippen LogP contribution in [0.25, 0.3) is 0 Å². The zero-order valence-corrected chi connectivity index (χ0v) is 14.0. The van der Waals surface area contributed by atoms with Gasteiger partial charge in [-0.3, -0.25) is 5.10 Å². The van der Waals surface area contributed by atoms with Crippen molar-refractivity contribution in [3.63, 3.8) is 0 Å². The summed E-state index contributed by atoms with van der Waals surface area (Å²) < 4.78 is 0. The largest absolute Gasteiger partial charge is 0.371 e. The summed E-state index contributed by atoms with van der Waals surface area (Å²) in [6.07, 6.45) is 3.13. The van der Waals surface area contributed by atoms with E-state index in [1.165, 1.54) is 23.2 Å². The van der Waals surface area contributed by atoms with E-state index in [1.807, 2.05) is 12.3 Å². The van der Waals surface area contributed by atoms with Crippen molar-refractivity contribution in [2.75, 3.05) is 24.5 Å². The predicted molar refractivity (Wildman–Crippen MR) is 91.5 cm³/mol. The lowest BCUT2D eigenvalue weighted by atomic mass is 10.1. The van der Waals surface area contributed by atoms with Gasteiger partial charge in [0.2, 0.25) is 0 Å². The summed E-state index contributed by atoms with van der Waals surface area (Å²) in [4.78, 5) is 2.46. The molecule has 4 nitrogen and oxygen atoms in total. The van der Waals surface area contributed by atoms with Crippen molar-refractivity contribution in [2.24, 2.45) is 5.92 Å². The molecular formula is C17H23ClN4. The van der Waals surface area contributed by atoms with Gasteiger partial charge in [0.25, 0.3) is 0 Å². The maximum absolute atomic E-state index is 6.14. The Morgan fingerprint density at radius 3 is 3.05 bits per heavy atom. The highest BCUT2D eigenvalue weighted by molar-refractivity contribution is 6.30. The van der Waals surface area contributed by atoms with Gasteiger partial charge >= 0.3 is 0 Å². The van der Waals surface area contributed by atoms with Gasteiger partial charge in [-0.2, -0.15) is 5.10 Å². The highest BCUT2D eigenvalue weighted by Crippen LogP contribution is 2.29. The lowest BCUT2D eigenvalue weighted by Crippen LogP contribution is -2.26. The average Bonchev–Trinajstić information content (AvgIpc) is 3.12. The minimum atomic E-state index is 0.686. The van der Waals surface area contributed by atoms with Crippen LogP contribution in [0.4, 0.5) is 5.69 Å². The summed E-state index contributed by atoms with van der Waals surface area (Å²) in [6, 6.07) is 6.15. The van der Waals surface area contributed by atoms with E-state index in [4.69, 9.17) is 11.6 Å². The molecule has 0 amide bonds. The summed E-state index contributed by atoms with van der Waals surface area (Å²) in [7, 11) is 0. The van der Waals surface area contributed by atoms with E-state index < -0.39 is 0 Å². The van der Waals surface area contributed by atoms with Crippen LogP contribution >= 0.6 is 11.6 Å². The van der Waals surface area contributed by atoms with Crippen molar-refractivity contribution in [1.82, 2.24) is 15.5 Å². The number of halogens is 1. The van der Waals surface area contributed by atoms with Crippen molar-refractivity contribution in [3.05, 3.63) is 46.2 Å². The molecule has 5 heteroatoms. The molecule has 1 aromatic carbocycles. The lowest BCUT2D eigenvalue weighted by Gasteiger charge is -2.21. The molecule has 0 spiro atoms. The maximum Gasteiger partial charge on any atom is 0.0535 e. The molecule has 1 atom stereocenters. The van der Waals surface area contributed by atoms with Crippen molar-refractivity contribution >= 4 is 17.3 Å². The average molecular weight is 319 g/mol. The van der Waals surface area contributed by atoms with Crippen LogP contribution in [0.2, 0.25) is 5.02 Å². The van der Waals surface area contributed by atoms with Gasteiger partial charge in [-0.15, -0.1) is 0 Å². The van der Waals surface area contributed by atoms with Crippen LogP contribution in [0.15, 0.2) is 24.4 Å². The van der Waals surface area contributed by atoms with Crippen LogP contribution in [0.1, 0.15) is 23.2 Å². The lowest BCUT2D eigenvalue weighted by molar-refractivity contribution is 0.516. The molecule has 0 unspecified atom stereocenters. The Kier molecular flexibility index (Phi) is 4.69. The van der Waals surface area contributed by atoms with Crippen molar-refractivity contribution in [2.45, 2.75) is 26.8 Å². The van der Waals surface area contributed by atoms with Crippen LogP contribution in [0.3, 0.4) is 0 Å². The number of rotatable bonds is 5. The third-order valence-corrected chi connectivity index (χ3v) is 4.72. The van der Waals surface area contributed by atoms with E-state index in [9.17, 15) is 0 Å². The molecular weight excluding hydrogens is 296 g/mol. The number of H-pyrrole nitrogens is 1. The van der Waals surface area contributed by atoms with Gasteiger partial charge in [0.1, 0.15) is 0 Å². The van der Waals surface area contributed by atoms with E-state index in [2.05, 4.69) is 46.4 Å². The maximum atomic E-state index is 6.14. The molecule has 118 valence electrons. The summed E-state index contributed by atoms with van der Waals surface area (Å²) >= 11 is 6.14. The highest BCUT2D eigenvalue weighted by atomic mass is 35.5. The second kappa shape index (κ2) is 6.71. The number of nitrogens with one attached hydrogen (secondary N) is 2. The number of nitrogens with zero attached hydrogens (tertiary/aromatic N) is 2. The molecule has 0 radical (unpaired) electrons. The molecule has 2 aromatic rings. The van der Waals surface area contributed by atoms with E-state index in [1.54, 1.807) is 0 Å². The number of hydrogen-bond donors (Lipinski definition) is 2. The number of aryl methyl sites for hydroxylation is 2. The van der Waals surface area contributed by atoms with Crippen molar-refractivity contribution in [3.8, 4) is 0 Å². The Morgan fingerprint density at radius 2 is 2.27 bits per heavy atom. The SMILES string of the molecule is Cc1ccc(Cl)cc1N1CC[C@H](CNCc2cn[nH]c2C)C1. The van der Waals surface area contributed by atoms with Crippen LogP contribution in [0.5, 0.6) is 0 Å². The van der Waals surface area contributed by atoms with E-state index in [0.29, 0.717) is 5.92 Å². The number of hydrogen-bond acceptors (Lipinski definition) is 3.